The Hall–Kier alpha value is -2.66. The van der Waals surface area contributed by atoms with Gasteiger partial charge in [-0.2, -0.15) is 4.98 Å². The number of aromatic nitrogens is 2. The second-order valence-corrected chi connectivity index (χ2v) is 7.67. The quantitative estimate of drug-likeness (QED) is 0.626. The van der Waals surface area contributed by atoms with Crippen molar-refractivity contribution in [3.63, 3.8) is 0 Å². The number of rotatable bonds is 5. The van der Waals surface area contributed by atoms with Crippen LogP contribution in [0, 0.1) is 0 Å². The maximum atomic E-state index is 5.56. The van der Waals surface area contributed by atoms with E-state index < -0.39 is 0 Å². The molecule has 0 amide bonds. The maximum Gasteiger partial charge on any atom is 0.257 e. The van der Waals surface area contributed by atoms with Crippen molar-refractivity contribution in [1.29, 1.82) is 0 Å². The summed E-state index contributed by atoms with van der Waals surface area (Å²) < 4.78 is 10.8. The van der Waals surface area contributed by atoms with Gasteiger partial charge >= 0.3 is 0 Å². The van der Waals surface area contributed by atoms with Crippen molar-refractivity contribution in [3.05, 3.63) is 54.4 Å². The number of hydrogen-bond acceptors (Lipinski definition) is 5. The monoisotopic (exact) mass is 377 g/mol. The third-order valence-corrected chi connectivity index (χ3v) is 5.62. The van der Waals surface area contributed by atoms with E-state index in [-0.39, 0.29) is 0 Å². The van der Waals surface area contributed by atoms with E-state index in [1.807, 2.05) is 24.3 Å². The Bertz CT molecular complexity index is 892. The molecule has 3 aromatic rings. The zero-order valence-electron chi connectivity index (χ0n) is 16.8. The summed E-state index contributed by atoms with van der Waals surface area (Å²) in [5.41, 5.74) is 3.25. The van der Waals surface area contributed by atoms with Crippen LogP contribution in [0.15, 0.2) is 53.1 Å². The summed E-state index contributed by atoms with van der Waals surface area (Å²) in [5.74, 6) is 2.70. The molecule has 1 aliphatic heterocycles. The normalized spacial score (nSPS) is 15.9. The van der Waals surface area contributed by atoms with Gasteiger partial charge in [-0.05, 0) is 75.2 Å². The van der Waals surface area contributed by atoms with Crippen LogP contribution >= 0.6 is 0 Å². The van der Waals surface area contributed by atoms with Crippen molar-refractivity contribution in [2.45, 2.75) is 38.6 Å². The molecular weight excluding hydrogens is 350 g/mol. The fraction of sp³-hybridized carbons (Fsp3) is 0.391. The van der Waals surface area contributed by atoms with Gasteiger partial charge in [0.1, 0.15) is 5.75 Å². The minimum Gasteiger partial charge on any atom is -0.497 e. The lowest BCUT2D eigenvalue weighted by Gasteiger charge is -2.33. The molecule has 28 heavy (non-hydrogen) atoms. The van der Waals surface area contributed by atoms with Gasteiger partial charge in [-0.25, -0.2) is 0 Å². The highest BCUT2D eigenvalue weighted by Crippen LogP contribution is 2.30. The smallest absolute Gasteiger partial charge is 0.257 e. The molecule has 1 aliphatic rings. The largest absolute Gasteiger partial charge is 0.497 e. The van der Waals surface area contributed by atoms with E-state index in [4.69, 9.17) is 9.26 Å². The molecule has 5 nitrogen and oxygen atoms in total. The molecule has 146 valence electrons. The lowest BCUT2D eigenvalue weighted by atomic mass is 9.95. The first kappa shape index (κ1) is 18.7. The first-order valence-electron chi connectivity index (χ1n) is 9.96. The van der Waals surface area contributed by atoms with Crippen molar-refractivity contribution < 1.29 is 9.26 Å². The van der Waals surface area contributed by atoms with Gasteiger partial charge in [-0.15, -0.1) is 0 Å². The predicted molar refractivity (Wildman–Crippen MR) is 110 cm³/mol. The van der Waals surface area contributed by atoms with Gasteiger partial charge in [-0.1, -0.05) is 29.4 Å². The molecule has 1 fully saturated rings. The Labute approximate surface area is 166 Å². The Balaban J connectivity index is 1.45. The van der Waals surface area contributed by atoms with Crippen molar-refractivity contribution in [2.75, 3.05) is 20.2 Å². The van der Waals surface area contributed by atoms with Crippen LogP contribution in [0.1, 0.15) is 38.4 Å². The molecule has 0 bridgehead atoms. The van der Waals surface area contributed by atoms with E-state index in [0.29, 0.717) is 17.9 Å². The van der Waals surface area contributed by atoms with Gasteiger partial charge < -0.3 is 14.2 Å². The lowest BCUT2D eigenvalue weighted by molar-refractivity contribution is 0.168. The molecule has 5 heteroatoms. The van der Waals surface area contributed by atoms with E-state index in [9.17, 15) is 0 Å². The third-order valence-electron chi connectivity index (χ3n) is 5.62. The van der Waals surface area contributed by atoms with Gasteiger partial charge in [0.05, 0.1) is 7.11 Å². The van der Waals surface area contributed by atoms with E-state index in [0.717, 1.165) is 54.2 Å². The summed E-state index contributed by atoms with van der Waals surface area (Å²) >= 11 is 0. The summed E-state index contributed by atoms with van der Waals surface area (Å²) in [6.45, 7) is 6.70. The zero-order chi connectivity index (χ0) is 19.5. The van der Waals surface area contributed by atoms with Gasteiger partial charge in [0, 0.05) is 17.5 Å². The number of likely N-dealkylation sites (tertiary alicyclic amines) is 1. The average molecular weight is 377 g/mol. The first-order chi connectivity index (χ1) is 13.6. The van der Waals surface area contributed by atoms with Crippen molar-refractivity contribution in [1.82, 2.24) is 15.0 Å². The summed E-state index contributed by atoms with van der Waals surface area (Å²) in [4.78, 5) is 7.20. The molecular formula is C23H27N3O2. The highest BCUT2D eigenvalue weighted by atomic mass is 16.5. The molecule has 4 rings (SSSR count). The van der Waals surface area contributed by atoms with Crippen LogP contribution in [0.5, 0.6) is 5.75 Å². The van der Waals surface area contributed by atoms with Crippen molar-refractivity contribution in [3.8, 4) is 28.3 Å². The van der Waals surface area contributed by atoms with E-state index in [1.165, 1.54) is 0 Å². The minimum absolute atomic E-state index is 0.395. The first-order valence-corrected chi connectivity index (χ1v) is 9.96. The molecule has 0 saturated carbocycles. The standard InChI is InChI=1S/C23H27N3O2/c1-16(2)26-14-12-19(13-15-26)22-24-23(28-25-22)20-6-4-17(5-7-20)18-8-10-21(27-3)11-9-18/h4-11,16,19H,12-15H2,1-3H3. The van der Waals surface area contributed by atoms with Crippen LogP contribution in [0.3, 0.4) is 0 Å². The molecule has 0 radical (unpaired) electrons. The summed E-state index contributed by atoms with van der Waals surface area (Å²) in [7, 11) is 1.68. The van der Waals surface area contributed by atoms with Crippen LogP contribution in [0.25, 0.3) is 22.6 Å². The number of nitrogens with zero attached hydrogens (tertiary/aromatic N) is 3. The summed E-state index contributed by atoms with van der Waals surface area (Å²) in [6.07, 6.45) is 2.18. The molecule has 2 heterocycles. The molecule has 1 saturated heterocycles. The Kier molecular flexibility index (Phi) is 5.44. The number of piperidine rings is 1. The molecule has 1 aromatic heterocycles. The Morgan fingerprint density at radius 2 is 1.50 bits per heavy atom. The third kappa shape index (κ3) is 3.94. The minimum atomic E-state index is 0.395. The van der Waals surface area contributed by atoms with Crippen molar-refractivity contribution >= 4 is 0 Å². The van der Waals surface area contributed by atoms with Crippen LogP contribution in [0.2, 0.25) is 0 Å². The van der Waals surface area contributed by atoms with Gasteiger partial charge in [0.15, 0.2) is 5.82 Å². The van der Waals surface area contributed by atoms with Gasteiger partial charge in [0.2, 0.25) is 0 Å². The SMILES string of the molecule is COc1ccc(-c2ccc(-c3nc(C4CCN(C(C)C)CC4)no3)cc2)cc1. The molecule has 0 N–H and O–H groups in total. The number of methoxy groups -OCH3 is 1. The molecule has 0 atom stereocenters. The second-order valence-electron chi connectivity index (χ2n) is 7.67. The van der Waals surface area contributed by atoms with E-state index >= 15 is 0 Å². The average Bonchev–Trinajstić information content (AvgIpc) is 3.24. The molecule has 0 aliphatic carbocycles. The molecule has 0 spiro atoms. The number of hydrogen-bond donors (Lipinski definition) is 0. The van der Waals surface area contributed by atoms with E-state index in [2.05, 4.69) is 53.2 Å². The predicted octanol–water partition coefficient (Wildman–Crippen LogP) is 5.00. The van der Waals surface area contributed by atoms with Gasteiger partial charge in [0.25, 0.3) is 5.89 Å². The number of benzene rings is 2. The topological polar surface area (TPSA) is 51.4 Å². The highest BCUT2D eigenvalue weighted by molar-refractivity contribution is 5.67. The van der Waals surface area contributed by atoms with Crippen LogP contribution in [0.4, 0.5) is 0 Å². The van der Waals surface area contributed by atoms with E-state index in [1.54, 1.807) is 7.11 Å². The second kappa shape index (κ2) is 8.15. The Morgan fingerprint density at radius 1 is 0.929 bits per heavy atom. The number of ether oxygens (including phenoxy) is 1. The molecule has 0 unspecified atom stereocenters. The van der Waals surface area contributed by atoms with Crippen LogP contribution in [-0.2, 0) is 0 Å². The lowest BCUT2D eigenvalue weighted by Crippen LogP contribution is -2.38. The fourth-order valence-electron chi connectivity index (χ4n) is 3.78. The maximum absolute atomic E-state index is 5.56. The fourth-order valence-corrected chi connectivity index (χ4v) is 3.78. The van der Waals surface area contributed by atoms with Gasteiger partial charge in [-0.3, -0.25) is 0 Å². The summed E-state index contributed by atoms with van der Waals surface area (Å²) in [5, 5.41) is 4.27. The molecule has 2 aromatic carbocycles. The zero-order valence-corrected chi connectivity index (χ0v) is 16.8. The van der Waals surface area contributed by atoms with Crippen LogP contribution in [-0.4, -0.2) is 41.3 Å². The van der Waals surface area contributed by atoms with Crippen molar-refractivity contribution in [2.24, 2.45) is 0 Å². The highest BCUT2D eigenvalue weighted by Gasteiger charge is 2.25. The van der Waals surface area contributed by atoms with Crippen LogP contribution < -0.4 is 4.74 Å². The Morgan fingerprint density at radius 3 is 2.07 bits per heavy atom. The summed E-state index contributed by atoms with van der Waals surface area (Å²) in [6, 6.07) is 16.9.